The molecule has 8 heteroatoms. The Hall–Kier alpha value is -2.77. The van der Waals surface area contributed by atoms with E-state index < -0.39 is 0 Å². The average molecular weight is 401 g/mol. The van der Waals surface area contributed by atoms with Crippen molar-refractivity contribution in [3.8, 4) is 11.5 Å². The van der Waals surface area contributed by atoms with Crippen LogP contribution in [0.1, 0.15) is 44.0 Å². The van der Waals surface area contributed by atoms with Gasteiger partial charge in [0.2, 0.25) is 0 Å². The predicted molar refractivity (Wildman–Crippen MR) is 113 cm³/mol. The summed E-state index contributed by atoms with van der Waals surface area (Å²) in [7, 11) is 3.45. The number of aliphatic imine (C=N–C) groups is 1. The number of hydrogen-bond acceptors (Lipinski definition) is 5. The molecule has 1 aromatic carbocycles. The van der Waals surface area contributed by atoms with Crippen LogP contribution in [0.5, 0.6) is 11.5 Å². The van der Waals surface area contributed by atoms with Gasteiger partial charge in [-0.15, -0.1) is 10.2 Å². The lowest BCUT2D eigenvalue weighted by atomic mass is 10.2. The van der Waals surface area contributed by atoms with Crippen molar-refractivity contribution in [3.05, 3.63) is 35.9 Å². The quantitative estimate of drug-likeness (QED) is 0.497. The summed E-state index contributed by atoms with van der Waals surface area (Å²) in [4.78, 5) is 4.29. The first-order chi connectivity index (χ1) is 14.2. The van der Waals surface area contributed by atoms with E-state index in [4.69, 9.17) is 9.47 Å². The van der Waals surface area contributed by atoms with Crippen LogP contribution in [-0.2, 0) is 19.5 Å². The van der Waals surface area contributed by atoms with E-state index in [0.29, 0.717) is 12.6 Å². The molecule has 158 valence electrons. The molecule has 0 bridgehead atoms. The molecule has 1 aromatic heterocycles. The summed E-state index contributed by atoms with van der Waals surface area (Å²) in [5.74, 6) is 3.34. The standard InChI is InChI=1S/C21H32N6O2/c1-4-20-26-25-15-27(20)12-11-23-21(22-2)24-14-16-9-10-18(19(13-16)28-3)29-17-7-5-6-8-17/h9-10,13,15,17H,4-8,11-12,14H2,1-3H3,(H2,22,23,24). The monoisotopic (exact) mass is 400 g/mol. The van der Waals surface area contributed by atoms with Crippen LogP contribution in [0.3, 0.4) is 0 Å². The number of nitrogens with one attached hydrogen (secondary N) is 2. The van der Waals surface area contributed by atoms with Gasteiger partial charge in [0, 0.05) is 33.1 Å². The third-order valence-electron chi connectivity index (χ3n) is 5.16. The molecular formula is C21H32N6O2. The zero-order chi connectivity index (χ0) is 20.5. The maximum absolute atomic E-state index is 6.11. The van der Waals surface area contributed by atoms with E-state index in [1.54, 1.807) is 20.5 Å². The first-order valence-electron chi connectivity index (χ1n) is 10.4. The highest BCUT2D eigenvalue weighted by Gasteiger charge is 2.18. The van der Waals surface area contributed by atoms with Crippen LogP contribution in [0.25, 0.3) is 0 Å². The van der Waals surface area contributed by atoms with E-state index in [2.05, 4.69) is 38.8 Å². The maximum Gasteiger partial charge on any atom is 0.191 e. The molecule has 1 heterocycles. The van der Waals surface area contributed by atoms with Gasteiger partial charge in [-0.1, -0.05) is 13.0 Å². The minimum Gasteiger partial charge on any atom is -0.493 e. The van der Waals surface area contributed by atoms with Gasteiger partial charge in [-0.25, -0.2) is 0 Å². The van der Waals surface area contributed by atoms with Crippen molar-refractivity contribution >= 4 is 5.96 Å². The first kappa shape index (κ1) is 21.0. The SMILES string of the molecule is CCc1nncn1CCNC(=NC)NCc1ccc(OC2CCCC2)c(OC)c1. The van der Waals surface area contributed by atoms with E-state index in [1.165, 1.54) is 12.8 Å². The molecule has 1 saturated carbocycles. The van der Waals surface area contributed by atoms with Crippen molar-refractivity contribution < 1.29 is 9.47 Å². The Labute approximate surface area is 172 Å². The average Bonchev–Trinajstić information content (AvgIpc) is 3.43. The van der Waals surface area contributed by atoms with Gasteiger partial charge in [0.25, 0.3) is 0 Å². The number of methoxy groups -OCH3 is 1. The molecule has 0 unspecified atom stereocenters. The van der Waals surface area contributed by atoms with Gasteiger partial charge in [-0.05, 0) is 43.4 Å². The highest BCUT2D eigenvalue weighted by molar-refractivity contribution is 5.79. The first-order valence-corrected chi connectivity index (χ1v) is 10.4. The minimum atomic E-state index is 0.315. The molecule has 1 fully saturated rings. The Morgan fingerprint density at radius 2 is 2.07 bits per heavy atom. The van der Waals surface area contributed by atoms with Crippen molar-refractivity contribution in [2.75, 3.05) is 20.7 Å². The molecule has 29 heavy (non-hydrogen) atoms. The number of nitrogens with zero attached hydrogens (tertiary/aromatic N) is 4. The Morgan fingerprint density at radius 3 is 2.79 bits per heavy atom. The van der Waals surface area contributed by atoms with Gasteiger partial charge in [0.1, 0.15) is 12.2 Å². The van der Waals surface area contributed by atoms with Crippen LogP contribution in [0, 0.1) is 0 Å². The lowest BCUT2D eigenvalue weighted by molar-refractivity contribution is 0.200. The number of hydrogen-bond donors (Lipinski definition) is 2. The second-order valence-corrected chi connectivity index (χ2v) is 7.16. The summed E-state index contributed by atoms with van der Waals surface area (Å²) in [6, 6.07) is 6.09. The number of aromatic nitrogens is 3. The lowest BCUT2D eigenvalue weighted by Crippen LogP contribution is -2.38. The Morgan fingerprint density at radius 1 is 1.24 bits per heavy atom. The number of aryl methyl sites for hydroxylation is 1. The van der Waals surface area contributed by atoms with Gasteiger partial charge in [-0.2, -0.15) is 0 Å². The third kappa shape index (κ3) is 5.85. The van der Waals surface area contributed by atoms with Gasteiger partial charge in [0.15, 0.2) is 17.5 Å². The van der Waals surface area contributed by atoms with Crippen LogP contribution in [0.4, 0.5) is 0 Å². The summed E-state index contributed by atoms with van der Waals surface area (Å²) in [5, 5.41) is 14.7. The van der Waals surface area contributed by atoms with E-state index in [0.717, 1.165) is 61.2 Å². The maximum atomic E-state index is 6.11. The fourth-order valence-corrected chi connectivity index (χ4v) is 3.55. The molecule has 0 atom stereocenters. The molecule has 3 rings (SSSR count). The zero-order valence-electron chi connectivity index (χ0n) is 17.6. The summed E-state index contributed by atoms with van der Waals surface area (Å²) in [6.45, 7) is 4.25. The molecule has 0 spiro atoms. The number of guanidine groups is 1. The Balaban J connectivity index is 1.49. The van der Waals surface area contributed by atoms with E-state index in [9.17, 15) is 0 Å². The predicted octanol–water partition coefficient (Wildman–Crippen LogP) is 2.54. The minimum absolute atomic E-state index is 0.315. The highest BCUT2D eigenvalue weighted by atomic mass is 16.5. The molecule has 2 aromatic rings. The van der Waals surface area contributed by atoms with Crippen molar-refractivity contribution in [1.82, 2.24) is 25.4 Å². The normalized spacial score (nSPS) is 14.8. The van der Waals surface area contributed by atoms with Gasteiger partial charge in [0.05, 0.1) is 13.2 Å². The molecule has 8 nitrogen and oxygen atoms in total. The van der Waals surface area contributed by atoms with Crippen LogP contribution in [0.2, 0.25) is 0 Å². The van der Waals surface area contributed by atoms with Crippen LogP contribution in [-0.4, -0.2) is 47.5 Å². The smallest absolute Gasteiger partial charge is 0.191 e. The fourth-order valence-electron chi connectivity index (χ4n) is 3.55. The molecule has 0 saturated heterocycles. The van der Waals surface area contributed by atoms with Crippen molar-refractivity contribution in [2.45, 2.75) is 58.2 Å². The summed E-state index contributed by atoms with van der Waals surface area (Å²) >= 11 is 0. The second-order valence-electron chi connectivity index (χ2n) is 7.16. The Bertz CT molecular complexity index is 798. The summed E-state index contributed by atoms with van der Waals surface area (Å²) in [6.07, 6.45) is 7.70. The van der Waals surface area contributed by atoms with Crippen LogP contribution >= 0.6 is 0 Å². The molecule has 1 aliphatic rings. The molecule has 0 radical (unpaired) electrons. The largest absolute Gasteiger partial charge is 0.493 e. The molecule has 2 N–H and O–H groups in total. The number of benzene rings is 1. The third-order valence-corrected chi connectivity index (χ3v) is 5.16. The number of ether oxygens (including phenoxy) is 2. The molecule has 1 aliphatic carbocycles. The summed E-state index contributed by atoms with van der Waals surface area (Å²) in [5.41, 5.74) is 1.11. The second kappa shape index (κ2) is 10.7. The summed E-state index contributed by atoms with van der Waals surface area (Å²) < 4.78 is 13.7. The number of rotatable bonds is 9. The fraction of sp³-hybridized carbons (Fsp3) is 0.571. The van der Waals surface area contributed by atoms with Crippen LogP contribution in [0.15, 0.2) is 29.5 Å². The van der Waals surface area contributed by atoms with Gasteiger partial charge >= 0.3 is 0 Å². The van der Waals surface area contributed by atoms with Crippen molar-refractivity contribution in [1.29, 1.82) is 0 Å². The van der Waals surface area contributed by atoms with E-state index in [1.807, 2.05) is 16.7 Å². The Kier molecular flexibility index (Phi) is 7.72. The molecule has 0 aliphatic heterocycles. The van der Waals surface area contributed by atoms with Gasteiger partial charge in [-0.3, -0.25) is 4.99 Å². The molecule has 0 amide bonds. The van der Waals surface area contributed by atoms with Crippen molar-refractivity contribution in [2.24, 2.45) is 4.99 Å². The topological polar surface area (TPSA) is 85.6 Å². The molecular weight excluding hydrogens is 368 g/mol. The van der Waals surface area contributed by atoms with E-state index >= 15 is 0 Å². The zero-order valence-corrected chi connectivity index (χ0v) is 17.6. The van der Waals surface area contributed by atoms with Crippen LogP contribution < -0.4 is 20.1 Å². The van der Waals surface area contributed by atoms with E-state index in [-0.39, 0.29) is 0 Å². The lowest BCUT2D eigenvalue weighted by Gasteiger charge is -2.17. The van der Waals surface area contributed by atoms with Crippen molar-refractivity contribution in [3.63, 3.8) is 0 Å². The van der Waals surface area contributed by atoms with Gasteiger partial charge < -0.3 is 24.7 Å². The highest BCUT2D eigenvalue weighted by Crippen LogP contribution is 2.32.